The van der Waals surface area contributed by atoms with Crippen molar-refractivity contribution in [1.29, 1.82) is 5.26 Å². The van der Waals surface area contributed by atoms with Crippen LogP contribution in [0.25, 0.3) is 0 Å². The van der Waals surface area contributed by atoms with Gasteiger partial charge in [0.1, 0.15) is 0 Å². The van der Waals surface area contributed by atoms with Crippen molar-refractivity contribution in [3.8, 4) is 6.07 Å². The topological polar surface area (TPSA) is 56.0 Å². The molecule has 80 valence electrons. The molecular formula is C11H20N2O. The fraction of sp³-hybridized carbons (Fsp3) is 0.909. The second-order valence-electron chi connectivity index (χ2n) is 4.19. The lowest BCUT2D eigenvalue weighted by atomic mass is 9.82. The van der Waals surface area contributed by atoms with Gasteiger partial charge in [-0.3, -0.25) is 0 Å². The summed E-state index contributed by atoms with van der Waals surface area (Å²) in [6.45, 7) is 1.09. The predicted molar refractivity (Wildman–Crippen MR) is 55.8 cm³/mol. The van der Waals surface area contributed by atoms with Crippen LogP contribution < -0.4 is 5.32 Å². The van der Waals surface area contributed by atoms with E-state index < -0.39 is 0 Å². The quantitative estimate of drug-likeness (QED) is 0.656. The molecule has 1 fully saturated rings. The van der Waals surface area contributed by atoms with Crippen LogP contribution in [0.5, 0.6) is 0 Å². The van der Waals surface area contributed by atoms with Gasteiger partial charge in [-0.15, -0.1) is 0 Å². The van der Waals surface area contributed by atoms with Gasteiger partial charge in [0.05, 0.1) is 12.7 Å². The van der Waals surface area contributed by atoms with E-state index in [-0.39, 0.29) is 12.1 Å². The first-order valence-electron chi connectivity index (χ1n) is 5.56. The Balaban J connectivity index is 2.26. The van der Waals surface area contributed by atoms with E-state index in [0.29, 0.717) is 6.42 Å². The van der Waals surface area contributed by atoms with Crippen molar-refractivity contribution in [3.05, 3.63) is 0 Å². The Morgan fingerprint density at radius 2 is 2.00 bits per heavy atom. The van der Waals surface area contributed by atoms with Gasteiger partial charge >= 0.3 is 0 Å². The maximum atomic E-state index is 9.37. The summed E-state index contributed by atoms with van der Waals surface area (Å²) in [4.78, 5) is 0. The number of hydrogen-bond acceptors (Lipinski definition) is 3. The summed E-state index contributed by atoms with van der Waals surface area (Å²) in [5.41, 5.74) is -0.0340. The molecule has 3 heteroatoms. The van der Waals surface area contributed by atoms with E-state index in [0.717, 1.165) is 25.8 Å². The zero-order valence-electron chi connectivity index (χ0n) is 8.76. The van der Waals surface area contributed by atoms with E-state index in [9.17, 15) is 5.11 Å². The van der Waals surface area contributed by atoms with Crippen LogP contribution in [0.2, 0.25) is 0 Å². The Morgan fingerprint density at radius 3 is 2.57 bits per heavy atom. The number of aliphatic hydroxyl groups is 1. The van der Waals surface area contributed by atoms with Gasteiger partial charge in [0.15, 0.2) is 0 Å². The molecule has 0 saturated heterocycles. The minimum Gasteiger partial charge on any atom is -0.394 e. The maximum Gasteiger partial charge on any atom is 0.0622 e. The number of rotatable bonds is 5. The molecule has 0 aromatic carbocycles. The van der Waals surface area contributed by atoms with Crippen LogP contribution in [0.15, 0.2) is 0 Å². The standard InChI is InChI=1S/C11H20N2O/c12-8-4-5-9-13-11(10-14)6-2-1-3-7-11/h13-14H,1-7,9-10H2. The van der Waals surface area contributed by atoms with E-state index in [1.54, 1.807) is 0 Å². The molecule has 0 spiro atoms. The molecule has 1 rings (SSSR count). The largest absolute Gasteiger partial charge is 0.394 e. The monoisotopic (exact) mass is 196 g/mol. The van der Waals surface area contributed by atoms with Crippen LogP contribution in [0.3, 0.4) is 0 Å². The molecule has 3 nitrogen and oxygen atoms in total. The van der Waals surface area contributed by atoms with Crippen molar-refractivity contribution >= 4 is 0 Å². The molecule has 0 radical (unpaired) electrons. The van der Waals surface area contributed by atoms with E-state index >= 15 is 0 Å². The zero-order valence-corrected chi connectivity index (χ0v) is 8.76. The molecule has 0 aliphatic heterocycles. The average molecular weight is 196 g/mol. The molecule has 0 heterocycles. The molecule has 0 bridgehead atoms. The molecule has 2 N–H and O–H groups in total. The van der Waals surface area contributed by atoms with Gasteiger partial charge in [0, 0.05) is 12.0 Å². The van der Waals surface area contributed by atoms with E-state index in [1.165, 1.54) is 19.3 Å². The second-order valence-corrected chi connectivity index (χ2v) is 4.19. The molecule has 0 aromatic heterocycles. The van der Waals surface area contributed by atoms with Crippen LogP contribution in [-0.4, -0.2) is 23.8 Å². The normalized spacial score (nSPS) is 20.3. The molecule has 0 atom stereocenters. The molecule has 1 saturated carbocycles. The molecule has 1 aliphatic rings. The lowest BCUT2D eigenvalue weighted by molar-refractivity contribution is 0.121. The number of nitriles is 1. The van der Waals surface area contributed by atoms with Crippen LogP contribution in [-0.2, 0) is 0 Å². The Morgan fingerprint density at radius 1 is 1.29 bits per heavy atom. The van der Waals surface area contributed by atoms with Crippen LogP contribution >= 0.6 is 0 Å². The Hall–Kier alpha value is -0.590. The molecule has 0 unspecified atom stereocenters. The zero-order chi connectivity index (χ0) is 10.3. The number of nitrogens with zero attached hydrogens (tertiary/aromatic N) is 1. The minimum absolute atomic E-state index is 0.0340. The van der Waals surface area contributed by atoms with Crippen LogP contribution in [0.1, 0.15) is 44.9 Å². The van der Waals surface area contributed by atoms with Crippen molar-refractivity contribution < 1.29 is 5.11 Å². The van der Waals surface area contributed by atoms with Gasteiger partial charge in [-0.1, -0.05) is 19.3 Å². The first-order valence-corrected chi connectivity index (χ1v) is 5.56. The highest BCUT2D eigenvalue weighted by Crippen LogP contribution is 2.27. The average Bonchev–Trinajstić information content (AvgIpc) is 2.26. The number of aliphatic hydroxyl groups excluding tert-OH is 1. The molecule has 0 amide bonds. The third-order valence-corrected chi connectivity index (χ3v) is 3.08. The Labute approximate surface area is 86.1 Å². The van der Waals surface area contributed by atoms with Gasteiger partial charge in [-0.2, -0.15) is 5.26 Å². The van der Waals surface area contributed by atoms with Crippen LogP contribution in [0, 0.1) is 11.3 Å². The van der Waals surface area contributed by atoms with E-state index in [1.807, 2.05) is 0 Å². The molecule has 0 aromatic rings. The van der Waals surface area contributed by atoms with Crippen molar-refractivity contribution in [3.63, 3.8) is 0 Å². The smallest absolute Gasteiger partial charge is 0.0622 e. The Bertz CT molecular complexity index is 192. The summed E-state index contributed by atoms with van der Waals surface area (Å²) >= 11 is 0. The van der Waals surface area contributed by atoms with Gasteiger partial charge in [-0.25, -0.2) is 0 Å². The first kappa shape index (κ1) is 11.5. The van der Waals surface area contributed by atoms with Crippen molar-refractivity contribution in [2.24, 2.45) is 0 Å². The second kappa shape index (κ2) is 6.00. The molecule has 14 heavy (non-hydrogen) atoms. The summed E-state index contributed by atoms with van der Waals surface area (Å²) in [6, 6.07) is 2.13. The third kappa shape index (κ3) is 3.28. The SMILES string of the molecule is N#CCCCNC1(CO)CCCCC1. The molecular weight excluding hydrogens is 176 g/mol. The van der Waals surface area contributed by atoms with E-state index in [2.05, 4.69) is 11.4 Å². The summed E-state index contributed by atoms with van der Waals surface area (Å²) < 4.78 is 0. The predicted octanol–water partition coefficient (Wildman–Crippen LogP) is 1.57. The third-order valence-electron chi connectivity index (χ3n) is 3.08. The van der Waals surface area contributed by atoms with Crippen molar-refractivity contribution in [2.75, 3.05) is 13.2 Å². The van der Waals surface area contributed by atoms with E-state index in [4.69, 9.17) is 5.26 Å². The highest BCUT2D eigenvalue weighted by atomic mass is 16.3. The van der Waals surface area contributed by atoms with Gasteiger partial charge in [0.2, 0.25) is 0 Å². The first-order chi connectivity index (χ1) is 6.83. The summed E-state index contributed by atoms with van der Waals surface area (Å²) in [7, 11) is 0. The van der Waals surface area contributed by atoms with Crippen LogP contribution in [0.4, 0.5) is 0 Å². The number of hydrogen-bond donors (Lipinski definition) is 2. The molecule has 1 aliphatic carbocycles. The maximum absolute atomic E-state index is 9.37. The number of nitrogens with one attached hydrogen (secondary N) is 1. The van der Waals surface area contributed by atoms with Gasteiger partial charge in [-0.05, 0) is 25.8 Å². The fourth-order valence-electron chi connectivity index (χ4n) is 2.14. The summed E-state index contributed by atoms with van der Waals surface area (Å²) in [6.07, 6.45) is 7.37. The van der Waals surface area contributed by atoms with Crippen molar-refractivity contribution in [1.82, 2.24) is 5.32 Å². The lowest BCUT2D eigenvalue weighted by Crippen LogP contribution is -2.50. The highest BCUT2D eigenvalue weighted by Gasteiger charge is 2.30. The fourth-order valence-corrected chi connectivity index (χ4v) is 2.14. The highest BCUT2D eigenvalue weighted by molar-refractivity contribution is 4.90. The van der Waals surface area contributed by atoms with Gasteiger partial charge in [0.25, 0.3) is 0 Å². The summed E-state index contributed by atoms with van der Waals surface area (Å²) in [5, 5.41) is 21.2. The summed E-state index contributed by atoms with van der Waals surface area (Å²) in [5.74, 6) is 0. The lowest BCUT2D eigenvalue weighted by Gasteiger charge is -2.36. The Kier molecular flexibility index (Phi) is 4.92. The number of unbranched alkanes of at least 4 members (excludes halogenated alkanes) is 1. The minimum atomic E-state index is -0.0340. The van der Waals surface area contributed by atoms with Crippen molar-refractivity contribution in [2.45, 2.75) is 50.5 Å². The van der Waals surface area contributed by atoms with Gasteiger partial charge < -0.3 is 10.4 Å².